The lowest BCUT2D eigenvalue weighted by Gasteiger charge is -2.02. The average molecular weight is 331 g/mol. The van der Waals surface area contributed by atoms with Crippen LogP contribution in [0.5, 0.6) is 0 Å². The Morgan fingerprint density at radius 3 is 2.62 bits per heavy atom. The lowest BCUT2D eigenvalue weighted by Crippen LogP contribution is -1.85. The molecule has 21 heavy (non-hydrogen) atoms. The summed E-state index contributed by atoms with van der Waals surface area (Å²) in [6, 6.07) is 16.3. The lowest BCUT2D eigenvalue weighted by molar-refractivity contribution is 1.12. The van der Waals surface area contributed by atoms with E-state index >= 15 is 0 Å². The predicted molar refractivity (Wildman–Crippen MR) is 92.8 cm³/mol. The van der Waals surface area contributed by atoms with Crippen molar-refractivity contribution in [2.45, 2.75) is 5.03 Å². The van der Waals surface area contributed by atoms with Gasteiger partial charge in [-0.05, 0) is 30.5 Å². The van der Waals surface area contributed by atoms with Crippen LogP contribution in [0.25, 0.3) is 26.4 Å². The van der Waals surface area contributed by atoms with E-state index in [4.69, 9.17) is 16.6 Å². The Morgan fingerprint density at radius 1 is 1.10 bits per heavy atom. The molecule has 0 atom stereocenters. The summed E-state index contributed by atoms with van der Waals surface area (Å²) in [6.45, 7) is 0. The van der Waals surface area contributed by atoms with E-state index in [0.717, 1.165) is 21.2 Å². The van der Waals surface area contributed by atoms with Crippen LogP contribution in [0.4, 0.5) is 0 Å². The first-order valence-corrected chi connectivity index (χ1v) is 8.90. The van der Waals surface area contributed by atoms with Crippen molar-refractivity contribution in [3.63, 3.8) is 0 Å². The Kier molecular flexibility index (Phi) is 3.17. The molecule has 0 aliphatic carbocycles. The van der Waals surface area contributed by atoms with E-state index < -0.39 is 0 Å². The minimum atomic E-state index is 0.746. The number of fused-ring (bicyclic) bond motifs is 3. The van der Waals surface area contributed by atoms with E-state index in [1.807, 2.05) is 24.3 Å². The molecular formula is C16H11ClN2S2. The fraction of sp³-hybridized carbons (Fsp3) is 0.0625. The Labute approximate surface area is 135 Å². The smallest absolute Gasteiger partial charge is 0.196 e. The molecule has 0 bridgehead atoms. The lowest BCUT2D eigenvalue weighted by atomic mass is 10.2. The highest BCUT2D eigenvalue weighted by molar-refractivity contribution is 7.98. The fourth-order valence-electron chi connectivity index (χ4n) is 2.48. The van der Waals surface area contributed by atoms with Gasteiger partial charge in [0.2, 0.25) is 0 Å². The topological polar surface area (TPSA) is 17.3 Å². The number of halogens is 1. The van der Waals surface area contributed by atoms with Crippen molar-refractivity contribution in [1.29, 1.82) is 0 Å². The number of hydrogen-bond acceptors (Lipinski definition) is 3. The molecule has 0 unspecified atom stereocenters. The zero-order chi connectivity index (χ0) is 14.4. The van der Waals surface area contributed by atoms with E-state index in [2.05, 4.69) is 34.9 Å². The Hall–Kier alpha value is -1.49. The molecule has 0 aliphatic heterocycles. The largest absolute Gasteiger partial charge is 0.277 e. The molecule has 2 aromatic carbocycles. The second-order valence-corrected chi connectivity index (χ2v) is 6.90. The summed E-state index contributed by atoms with van der Waals surface area (Å²) in [5.41, 5.74) is 3.34. The van der Waals surface area contributed by atoms with Gasteiger partial charge < -0.3 is 0 Å². The standard InChI is InChI=1S/C16H11ClN2S2/c1-20-15-14(10-6-8-11(17)9-7-10)18-16-19(15)12-4-2-3-5-13(12)21-16/h2-9H,1H3. The molecule has 2 heterocycles. The van der Waals surface area contributed by atoms with Gasteiger partial charge in [-0.1, -0.05) is 47.2 Å². The summed E-state index contributed by atoms with van der Waals surface area (Å²) in [5, 5.41) is 1.92. The second-order valence-electron chi connectivity index (χ2n) is 4.66. The van der Waals surface area contributed by atoms with Crippen LogP contribution in [0, 0.1) is 0 Å². The molecule has 0 saturated heterocycles. The molecule has 5 heteroatoms. The zero-order valence-electron chi connectivity index (χ0n) is 11.2. The van der Waals surface area contributed by atoms with Gasteiger partial charge in [-0.3, -0.25) is 4.40 Å². The van der Waals surface area contributed by atoms with E-state index in [1.165, 1.54) is 15.2 Å². The third-order valence-corrected chi connectivity index (χ3v) is 5.46. The van der Waals surface area contributed by atoms with Crippen molar-refractivity contribution in [2.75, 3.05) is 6.26 Å². The highest BCUT2D eigenvalue weighted by Crippen LogP contribution is 2.37. The van der Waals surface area contributed by atoms with Crippen LogP contribution < -0.4 is 0 Å². The van der Waals surface area contributed by atoms with Gasteiger partial charge in [0.25, 0.3) is 0 Å². The molecule has 0 spiro atoms. The van der Waals surface area contributed by atoms with E-state index in [0.29, 0.717) is 0 Å². The zero-order valence-corrected chi connectivity index (χ0v) is 13.6. The first-order chi connectivity index (χ1) is 10.3. The van der Waals surface area contributed by atoms with Crippen LogP contribution in [0.3, 0.4) is 0 Å². The summed E-state index contributed by atoms with van der Waals surface area (Å²) < 4.78 is 3.51. The summed E-state index contributed by atoms with van der Waals surface area (Å²) in [4.78, 5) is 5.87. The Bertz CT molecular complexity index is 938. The SMILES string of the molecule is CSc1c(-c2ccc(Cl)cc2)nc2sc3ccccc3n12. The molecule has 0 fully saturated rings. The van der Waals surface area contributed by atoms with Crippen molar-refractivity contribution in [1.82, 2.24) is 9.38 Å². The number of benzene rings is 2. The van der Waals surface area contributed by atoms with Crippen LogP contribution in [-0.2, 0) is 0 Å². The van der Waals surface area contributed by atoms with Crippen molar-refractivity contribution < 1.29 is 0 Å². The molecule has 0 saturated carbocycles. The third kappa shape index (κ3) is 2.06. The van der Waals surface area contributed by atoms with E-state index in [1.54, 1.807) is 23.1 Å². The van der Waals surface area contributed by atoms with Gasteiger partial charge in [-0.25, -0.2) is 4.98 Å². The summed E-state index contributed by atoms with van der Waals surface area (Å²) in [6.07, 6.45) is 2.09. The number of thioether (sulfide) groups is 1. The highest BCUT2D eigenvalue weighted by Gasteiger charge is 2.17. The molecule has 104 valence electrons. The molecule has 2 nitrogen and oxygen atoms in total. The first-order valence-electron chi connectivity index (χ1n) is 6.48. The molecule has 0 radical (unpaired) electrons. The number of rotatable bonds is 2. The Balaban J connectivity index is 2.04. The van der Waals surface area contributed by atoms with Gasteiger partial charge in [0.05, 0.1) is 10.2 Å². The molecule has 0 aliphatic rings. The fourth-order valence-corrected chi connectivity index (χ4v) is 4.41. The van der Waals surface area contributed by atoms with Crippen LogP contribution >= 0.6 is 34.7 Å². The number of aromatic nitrogens is 2. The van der Waals surface area contributed by atoms with Gasteiger partial charge >= 0.3 is 0 Å². The molecule has 0 N–H and O–H groups in total. The maximum Gasteiger partial charge on any atom is 0.196 e. The maximum atomic E-state index is 5.98. The van der Waals surface area contributed by atoms with Gasteiger partial charge in [0, 0.05) is 10.6 Å². The molecular weight excluding hydrogens is 320 g/mol. The average Bonchev–Trinajstić information content (AvgIpc) is 3.03. The first kappa shape index (κ1) is 13.2. The van der Waals surface area contributed by atoms with Gasteiger partial charge in [0.1, 0.15) is 10.7 Å². The second kappa shape index (κ2) is 5.05. The number of thiazole rings is 1. The van der Waals surface area contributed by atoms with Crippen LogP contribution in [0.1, 0.15) is 0 Å². The van der Waals surface area contributed by atoms with Gasteiger partial charge in [-0.2, -0.15) is 0 Å². The Morgan fingerprint density at radius 2 is 1.86 bits per heavy atom. The van der Waals surface area contributed by atoms with Gasteiger partial charge in [-0.15, -0.1) is 11.8 Å². The van der Waals surface area contributed by atoms with Crippen molar-refractivity contribution in [3.8, 4) is 11.3 Å². The monoisotopic (exact) mass is 330 g/mol. The van der Waals surface area contributed by atoms with Crippen molar-refractivity contribution in [2.24, 2.45) is 0 Å². The third-order valence-electron chi connectivity index (χ3n) is 3.42. The molecule has 0 amide bonds. The molecule has 4 rings (SSSR count). The van der Waals surface area contributed by atoms with Gasteiger partial charge in [0.15, 0.2) is 4.96 Å². The predicted octanol–water partition coefficient (Wildman–Crippen LogP) is 5.59. The number of nitrogens with zero attached hydrogens (tertiary/aromatic N) is 2. The molecule has 2 aromatic heterocycles. The van der Waals surface area contributed by atoms with Crippen molar-refractivity contribution in [3.05, 3.63) is 53.6 Å². The summed E-state index contributed by atoms with van der Waals surface area (Å²) in [7, 11) is 0. The van der Waals surface area contributed by atoms with E-state index in [-0.39, 0.29) is 0 Å². The van der Waals surface area contributed by atoms with Crippen molar-refractivity contribution >= 4 is 49.9 Å². The maximum absolute atomic E-state index is 5.98. The highest BCUT2D eigenvalue weighted by atomic mass is 35.5. The van der Waals surface area contributed by atoms with E-state index in [9.17, 15) is 0 Å². The number of hydrogen-bond donors (Lipinski definition) is 0. The number of imidazole rings is 1. The molecule has 4 aromatic rings. The summed E-state index contributed by atoms with van der Waals surface area (Å²) in [5.74, 6) is 0. The number of para-hydroxylation sites is 1. The van der Waals surface area contributed by atoms with Crippen LogP contribution in [0.2, 0.25) is 5.02 Å². The summed E-state index contributed by atoms with van der Waals surface area (Å²) >= 11 is 9.43. The normalized spacial score (nSPS) is 11.5. The van der Waals surface area contributed by atoms with Crippen LogP contribution in [-0.4, -0.2) is 15.6 Å². The minimum Gasteiger partial charge on any atom is -0.277 e. The quantitative estimate of drug-likeness (QED) is 0.446. The minimum absolute atomic E-state index is 0.746. The van der Waals surface area contributed by atoms with Crippen LogP contribution in [0.15, 0.2) is 53.6 Å².